The van der Waals surface area contributed by atoms with Gasteiger partial charge in [-0.25, -0.2) is 4.39 Å². The number of hydrogen-bond acceptors (Lipinski definition) is 2. The van der Waals surface area contributed by atoms with Gasteiger partial charge in [-0.1, -0.05) is 18.5 Å². The minimum absolute atomic E-state index is 0.0454. The lowest BCUT2D eigenvalue weighted by atomic mass is 9.87. The van der Waals surface area contributed by atoms with Gasteiger partial charge in [0, 0.05) is 41.3 Å². The van der Waals surface area contributed by atoms with E-state index < -0.39 is 0 Å². The van der Waals surface area contributed by atoms with Crippen molar-refractivity contribution < 1.29 is 4.39 Å². The summed E-state index contributed by atoms with van der Waals surface area (Å²) in [5.41, 5.74) is 0.767. The number of halogens is 2. The first-order valence-electron chi connectivity index (χ1n) is 7.20. The summed E-state index contributed by atoms with van der Waals surface area (Å²) in [6.07, 6.45) is 1.03. The van der Waals surface area contributed by atoms with Crippen molar-refractivity contribution in [2.75, 3.05) is 13.1 Å². The first-order valence-corrected chi connectivity index (χ1v) is 7.57. The largest absolute Gasteiger partial charge is 0.309 e. The van der Waals surface area contributed by atoms with Gasteiger partial charge in [0.05, 0.1) is 0 Å². The standard InChI is InChI=1S/C16H24ClFN2/c1-5-16(4)10-19-15(2,3)11-20(16)9-12-8-13(17)6-7-14(12)18/h6-8,19H,5,9-11H2,1-4H3. The second kappa shape index (κ2) is 5.63. The van der Waals surface area contributed by atoms with E-state index in [-0.39, 0.29) is 16.9 Å². The molecule has 1 aromatic carbocycles. The average Bonchev–Trinajstić information content (AvgIpc) is 2.38. The third-order valence-corrected chi connectivity index (χ3v) is 4.66. The first-order chi connectivity index (χ1) is 9.26. The zero-order chi connectivity index (χ0) is 15.0. The van der Waals surface area contributed by atoms with E-state index in [1.54, 1.807) is 12.1 Å². The van der Waals surface area contributed by atoms with Gasteiger partial charge in [0.2, 0.25) is 0 Å². The summed E-state index contributed by atoms with van der Waals surface area (Å²) in [6.45, 7) is 11.2. The second-order valence-corrected chi connectivity index (χ2v) is 7.12. The summed E-state index contributed by atoms with van der Waals surface area (Å²) >= 11 is 6.00. The number of nitrogens with zero attached hydrogens (tertiary/aromatic N) is 1. The van der Waals surface area contributed by atoms with Crippen LogP contribution >= 0.6 is 11.6 Å². The molecule has 1 unspecified atom stereocenters. The minimum atomic E-state index is -0.177. The fraction of sp³-hybridized carbons (Fsp3) is 0.625. The second-order valence-electron chi connectivity index (χ2n) is 6.68. The molecule has 1 aliphatic rings. The molecule has 1 fully saturated rings. The fourth-order valence-corrected chi connectivity index (χ4v) is 2.93. The Morgan fingerprint density at radius 2 is 2.05 bits per heavy atom. The number of rotatable bonds is 3. The van der Waals surface area contributed by atoms with Crippen molar-refractivity contribution >= 4 is 11.6 Å². The quantitative estimate of drug-likeness (QED) is 0.912. The van der Waals surface area contributed by atoms with Gasteiger partial charge in [-0.3, -0.25) is 4.90 Å². The van der Waals surface area contributed by atoms with E-state index >= 15 is 0 Å². The molecule has 2 nitrogen and oxygen atoms in total. The van der Waals surface area contributed by atoms with E-state index in [0.29, 0.717) is 17.1 Å². The topological polar surface area (TPSA) is 15.3 Å². The molecule has 0 aromatic heterocycles. The lowest BCUT2D eigenvalue weighted by Gasteiger charge is -2.51. The van der Waals surface area contributed by atoms with Gasteiger partial charge in [-0.2, -0.15) is 0 Å². The Hall–Kier alpha value is -0.640. The van der Waals surface area contributed by atoms with Crippen LogP contribution in [-0.4, -0.2) is 29.1 Å². The van der Waals surface area contributed by atoms with Gasteiger partial charge < -0.3 is 5.32 Å². The minimum Gasteiger partial charge on any atom is -0.309 e. The molecule has 1 N–H and O–H groups in total. The SMILES string of the molecule is CCC1(C)CNC(C)(C)CN1Cc1cc(Cl)ccc1F. The highest BCUT2D eigenvalue weighted by Gasteiger charge is 2.39. The monoisotopic (exact) mass is 298 g/mol. The molecular weight excluding hydrogens is 275 g/mol. The van der Waals surface area contributed by atoms with Crippen LogP contribution in [0.25, 0.3) is 0 Å². The molecule has 0 bridgehead atoms. The van der Waals surface area contributed by atoms with Crippen molar-refractivity contribution in [3.8, 4) is 0 Å². The Bertz CT molecular complexity index is 489. The van der Waals surface area contributed by atoms with Crippen LogP contribution in [0, 0.1) is 5.82 Å². The average molecular weight is 299 g/mol. The Labute approximate surface area is 126 Å². The summed E-state index contributed by atoms with van der Waals surface area (Å²) in [5.74, 6) is -0.177. The maximum Gasteiger partial charge on any atom is 0.127 e. The molecular formula is C16H24ClFN2. The molecule has 0 aliphatic carbocycles. The molecule has 4 heteroatoms. The van der Waals surface area contributed by atoms with Crippen molar-refractivity contribution in [2.45, 2.75) is 51.7 Å². The third kappa shape index (κ3) is 3.33. The summed E-state index contributed by atoms with van der Waals surface area (Å²) in [7, 11) is 0. The smallest absolute Gasteiger partial charge is 0.127 e. The first kappa shape index (κ1) is 15.7. The van der Waals surface area contributed by atoms with E-state index in [1.165, 1.54) is 6.07 Å². The van der Waals surface area contributed by atoms with Crippen LogP contribution < -0.4 is 5.32 Å². The lowest BCUT2D eigenvalue weighted by molar-refractivity contribution is 0.0167. The predicted octanol–water partition coefficient (Wildman–Crippen LogP) is 3.83. The zero-order valence-electron chi connectivity index (χ0n) is 12.8. The summed E-state index contributed by atoms with van der Waals surface area (Å²) in [6, 6.07) is 4.79. The predicted molar refractivity (Wildman–Crippen MR) is 82.6 cm³/mol. The molecule has 1 aliphatic heterocycles. The van der Waals surface area contributed by atoms with Crippen molar-refractivity contribution in [1.82, 2.24) is 10.2 Å². The van der Waals surface area contributed by atoms with Gasteiger partial charge in [-0.15, -0.1) is 0 Å². The number of piperazine rings is 1. The van der Waals surface area contributed by atoms with E-state index in [4.69, 9.17) is 11.6 Å². The molecule has 0 spiro atoms. The molecule has 0 radical (unpaired) electrons. The molecule has 112 valence electrons. The van der Waals surface area contributed by atoms with E-state index in [0.717, 1.165) is 19.5 Å². The molecule has 0 amide bonds. The van der Waals surface area contributed by atoms with Crippen LogP contribution in [-0.2, 0) is 6.54 Å². The molecule has 2 rings (SSSR count). The van der Waals surface area contributed by atoms with Gasteiger partial charge in [0.25, 0.3) is 0 Å². The summed E-state index contributed by atoms with van der Waals surface area (Å²) in [5, 5.41) is 4.17. The zero-order valence-corrected chi connectivity index (χ0v) is 13.5. The van der Waals surface area contributed by atoms with Crippen LogP contribution in [0.4, 0.5) is 4.39 Å². The molecule has 0 saturated carbocycles. The number of benzene rings is 1. The van der Waals surface area contributed by atoms with Gasteiger partial charge >= 0.3 is 0 Å². The Morgan fingerprint density at radius 3 is 2.70 bits per heavy atom. The number of hydrogen-bond donors (Lipinski definition) is 1. The van der Waals surface area contributed by atoms with Crippen molar-refractivity contribution in [1.29, 1.82) is 0 Å². The molecule has 1 atom stereocenters. The molecule has 1 saturated heterocycles. The molecule has 20 heavy (non-hydrogen) atoms. The van der Waals surface area contributed by atoms with Crippen molar-refractivity contribution in [2.24, 2.45) is 0 Å². The Kier molecular flexibility index (Phi) is 4.43. The van der Waals surface area contributed by atoms with Gasteiger partial charge in [0.1, 0.15) is 5.82 Å². The highest BCUT2D eigenvalue weighted by atomic mass is 35.5. The van der Waals surface area contributed by atoms with Crippen LogP contribution in [0.5, 0.6) is 0 Å². The van der Waals surface area contributed by atoms with Crippen molar-refractivity contribution in [3.05, 3.63) is 34.6 Å². The Morgan fingerprint density at radius 1 is 1.35 bits per heavy atom. The fourth-order valence-electron chi connectivity index (χ4n) is 2.73. The molecule has 1 aromatic rings. The van der Waals surface area contributed by atoms with Gasteiger partial charge in [-0.05, 0) is 45.4 Å². The van der Waals surface area contributed by atoms with E-state index in [1.807, 2.05) is 0 Å². The number of nitrogens with one attached hydrogen (secondary N) is 1. The maximum atomic E-state index is 14.0. The van der Waals surface area contributed by atoms with Gasteiger partial charge in [0.15, 0.2) is 0 Å². The maximum absolute atomic E-state index is 14.0. The van der Waals surface area contributed by atoms with E-state index in [2.05, 4.69) is 37.9 Å². The normalized spacial score (nSPS) is 26.7. The third-order valence-electron chi connectivity index (χ3n) is 4.43. The van der Waals surface area contributed by atoms with Crippen LogP contribution in [0.3, 0.4) is 0 Å². The van der Waals surface area contributed by atoms with Crippen molar-refractivity contribution in [3.63, 3.8) is 0 Å². The highest BCUT2D eigenvalue weighted by Crippen LogP contribution is 2.29. The van der Waals surface area contributed by atoms with E-state index in [9.17, 15) is 4.39 Å². The Balaban J connectivity index is 2.25. The highest BCUT2D eigenvalue weighted by molar-refractivity contribution is 6.30. The van der Waals surface area contributed by atoms with Crippen LogP contribution in [0.15, 0.2) is 18.2 Å². The summed E-state index contributed by atoms with van der Waals surface area (Å²) < 4.78 is 14.0. The van der Waals surface area contributed by atoms with Crippen LogP contribution in [0.2, 0.25) is 5.02 Å². The molecule has 1 heterocycles. The van der Waals surface area contributed by atoms with Crippen LogP contribution in [0.1, 0.15) is 39.7 Å². The lowest BCUT2D eigenvalue weighted by Crippen LogP contribution is -2.66. The summed E-state index contributed by atoms with van der Waals surface area (Å²) in [4.78, 5) is 2.37.